The number of hydrogen-bond donors (Lipinski definition) is 1. The Hall–Kier alpha value is -0.500. The van der Waals surface area contributed by atoms with Gasteiger partial charge >= 0.3 is 6.03 Å². The second-order valence-corrected chi connectivity index (χ2v) is 5.77. The molecule has 0 saturated carbocycles. The van der Waals surface area contributed by atoms with E-state index >= 15 is 0 Å². The molecule has 0 aliphatic carbocycles. The molecule has 1 fully saturated rings. The minimum atomic E-state index is -0.00980. The maximum absolute atomic E-state index is 11.9. The molecule has 2 heterocycles. The van der Waals surface area contributed by atoms with Crippen LogP contribution in [0.15, 0.2) is 18.5 Å². The van der Waals surface area contributed by atoms with E-state index in [4.69, 9.17) is 0 Å². The lowest BCUT2D eigenvalue weighted by atomic mass is 10.4. The van der Waals surface area contributed by atoms with E-state index in [-0.39, 0.29) is 6.03 Å². The molecule has 6 heteroatoms. The summed E-state index contributed by atoms with van der Waals surface area (Å²) in [4.78, 5) is 17.7. The van der Waals surface area contributed by atoms with Gasteiger partial charge < -0.3 is 10.2 Å². The summed E-state index contributed by atoms with van der Waals surface area (Å²) in [6.07, 6.45) is 3.42. The number of carbonyl (C=O) groups excluding carboxylic acids is 1. The normalized spacial score (nSPS) is 15.9. The fraction of sp³-hybridized carbons (Fsp3) is 0.400. The minimum absolute atomic E-state index is 0.00980. The Bertz CT molecular complexity index is 382. The zero-order valence-electron chi connectivity index (χ0n) is 8.65. The lowest BCUT2D eigenvalue weighted by molar-refractivity contribution is 0.217. The van der Waals surface area contributed by atoms with Crippen molar-refractivity contribution in [1.82, 2.24) is 9.88 Å². The molecule has 1 aliphatic rings. The van der Waals surface area contributed by atoms with E-state index in [2.05, 4.69) is 32.9 Å². The Balaban J connectivity index is 1.99. The molecule has 1 aliphatic heterocycles. The van der Waals surface area contributed by atoms with Gasteiger partial charge in [-0.25, -0.2) is 4.79 Å². The van der Waals surface area contributed by atoms with Crippen LogP contribution >= 0.6 is 34.4 Å². The van der Waals surface area contributed by atoms with Crippen molar-refractivity contribution in [3.05, 3.63) is 22.0 Å². The first-order chi connectivity index (χ1) is 7.77. The molecule has 0 bridgehead atoms. The Morgan fingerprint density at radius 2 is 2.25 bits per heavy atom. The average molecular weight is 349 g/mol. The molecule has 0 unspecified atom stereocenters. The van der Waals surface area contributed by atoms with Gasteiger partial charge in [-0.15, -0.1) is 0 Å². The third kappa shape index (κ3) is 3.00. The highest BCUT2D eigenvalue weighted by molar-refractivity contribution is 14.1. The van der Waals surface area contributed by atoms with Crippen molar-refractivity contribution in [2.24, 2.45) is 0 Å². The quantitative estimate of drug-likeness (QED) is 0.792. The summed E-state index contributed by atoms with van der Waals surface area (Å²) < 4.78 is 0.958. The van der Waals surface area contributed by atoms with Crippen molar-refractivity contribution in [2.75, 3.05) is 29.9 Å². The van der Waals surface area contributed by atoms with E-state index in [1.165, 1.54) is 0 Å². The van der Waals surface area contributed by atoms with Crippen LogP contribution in [-0.2, 0) is 0 Å². The number of halogens is 1. The van der Waals surface area contributed by atoms with Crippen LogP contribution in [0.25, 0.3) is 0 Å². The molecule has 4 nitrogen and oxygen atoms in total. The van der Waals surface area contributed by atoms with E-state index in [1.54, 1.807) is 12.4 Å². The van der Waals surface area contributed by atoms with Gasteiger partial charge in [0.1, 0.15) is 0 Å². The highest BCUT2D eigenvalue weighted by Crippen LogP contribution is 2.17. The summed E-state index contributed by atoms with van der Waals surface area (Å²) in [6.45, 7) is 1.66. The molecule has 2 rings (SSSR count). The Kier molecular flexibility index (Phi) is 4.28. The third-order valence-corrected chi connectivity index (χ3v) is 4.11. The molecule has 1 aromatic heterocycles. The molecular weight excluding hydrogens is 337 g/mol. The largest absolute Gasteiger partial charge is 0.323 e. The van der Waals surface area contributed by atoms with Gasteiger partial charge in [-0.05, 0) is 28.7 Å². The summed E-state index contributed by atoms with van der Waals surface area (Å²) in [5, 5.41) is 2.91. The molecule has 1 N–H and O–H groups in total. The number of amides is 2. The van der Waals surface area contributed by atoms with Crippen LogP contribution < -0.4 is 5.32 Å². The first-order valence-electron chi connectivity index (χ1n) is 5.00. The first kappa shape index (κ1) is 12.0. The molecule has 0 atom stereocenters. The Labute approximate surface area is 112 Å². The van der Waals surface area contributed by atoms with Gasteiger partial charge in [0, 0.05) is 37.0 Å². The Morgan fingerprint density at radius 3 is 2.94 bits per heavy atom. The van der Waals surface area contributed by atoms with Gasteiger partial charge in [-0.1, -0.05) is 0 Å². The summed E-state index contributed by atoms with van der Waals surface area (Å²) in [5.74, 6) is 2.06. The van der Waals surface area contributed by atoms with Gasteiger partial charge in [0.05, 0.1) is 9.26 Å². The minimum Gasteiger partial charge on any atom is -0.323 e. The number of aromatic nitrogens is 1. The molecule has 0 aromatic carbocycles. The summed E-state index contributed by atoms with van der Waals surface area (Å²) in [5.41, 5.74) is 0.832. The smallest absolute Gasteiger partial charge is 0.321 e. The predicted molar refractivity (Wildman–Crippen MR) is 74.9 cm³/mol. The number of urea groups is 1. The molecule has 0 radical (unpaired) electrons. The number of anilines is 1. The number of thioether (sulfide) groups is 1. The topological polar surface area (TPSA) is 45.2 Å². The third-order valence-electron chi connectivity index (χ3n) is 2.31. The second-order valence-electron chi connectivity index (χ2n) is 3.39. The van der Waals surface area contributed by atoms with Gasteiger partial charge in [0.25, 0.3) is 0 Å². The number of rotatable bonds is 1. The van der Waals surface area contributed by atoms with Crippen LogP contribution in [0.4, 0.5) is 10.5 Å². The van der Waals surface area contributed by atoms with E-state index < -0.39 is 0 Å². The van der Waals surface area contributed by atoms with Gasteiger partial charge in [-0.2, -0.15) is 11.8 Å². The molecule has 86 valence electrons. The predicted octanol–water partition coefficient (Wildman–Crippen LogP) is 2.27. The number of hydrogen-bond acceptors (Lipinski definition) is 3. The van der Waals surface area contributed by atoms with Crippen molar-refractivity contribution >= 4 is 46.1 Å². The van der Waals surface area contributed by atoms with Gasteiger partial charge in [0.15, 0.2) is 0 Å². The standard InChI is InChI=1S/C10H12IN3OS/c11-8-7-12-2-1-9(8)13-10(15)14-3-5-16-6-4-14/h1-2,7H,3-6H2,(H,12,13,15). The summed E-state index contributed by atoms with van der Waals surface area (Å²) in [7, 11) is 0. The van der Waals surface area contributed by atoms with E-state index in [0.717, 1.165) is 33.9 Å². The molecule has 16 heavy (non-hydrogen) atoms. The van der Waals surface area contributed by atoms with Crippen LogP contribution in [0, 0.1) is 3.57 Å². The summed E-state index contributed by atoms with van der Waals surface area (Å²) in [6, 6.07) is 1.81. The molecule has 1 aromatic rings. The highest BCUT2D eigenvalue weighted by atomic mass is 127. The zero-order valence-corrected chi connectivity index (χ0v) is 11.6. The van der Waals surface area contributed by atoms with E-state index in [9.17, 15) is 4.79 Å². The van der Waals surface area contributed by atoms with Crippen LogP contribution in [0.3, 0.4) is 0 Å². The maximum Gasteiger partial charge on any atom is 0.321 e. The second kappa shape index (κ2) is 5.72. The Morgan fingerprint density at radius 1 is 1.50 bits per heavy atom. The maximum atomic E-state index is 11.9. The lowest BCUT2D eigenvalue weighted by Crippen LogP contribution is -2.40. The van der Waals surface area contributed by atoms with Gasteiger partial charge in [-0.3, -0.25) is 4.98 Å². The fourth-order valence-electron chi connectivity index (χ4n) is 1.44. The number of nitrogens with zero attached hydrogens (tertiary/aromatic N) is 2. The van der Waals surface area contributed by atoms with Crippen LogP contribution in [0.2, 0.25) is 0 Å². The SMILES string of the molecule is O=C(Nc1ccncc1I)N1CCSCC1. The van der Waals surface area contributed by atoms with Crippen molar-refractivity contribution < 1.29 is 4.79 Å². The fourth-order valence-corrected chi connectivity index (χ4v) is 2.82. The number of pyridine rings is 1. The zero-order chi connectivity index (χ0) is 11.4. The molecular formula is C10H12IN3OS. The number of carbonyl (C=O) groups is 1. The lowest BCUT2D eigenvalue weighted by Gasteiger charge is -2.26. The van der Waals surface area contributed by atoms with Crippen molar-refractivity contribution in [3.63, 3.8) is 0 Å². The average Bonchev–Trinajstić information content (AvgIpc) is 2.33. The van der Waals surface area contributed by atoms with E-state index in [1.807, 2.05) is 22.7 Å². The number of nitrogens with one attached hydrogen (secondary N) is 1. The molecule has 2 amide bonds. The molecule has 0 spiro atoms. The van der Waals surface area contributed by atoms with Crippen LogP contribution in [-0.4, -0.2) is 40.5 Å². The molecule has 1 saturated heterocycles. The van der Waals surface area contributed by atoms with Crippen LogP contribution in [0.1, 0.15) is 0 Å². The van der Waals surface area contributed by atoms with E-state index in [0.29, 0.717) is 0 Å². The summed E-state index contributed by atoms with van der Waals surface area (Å²) >= 11 is 4.06. The first-order valence-corrected chi connectivity index (χ1v) is 7.24. The van der Waals surface area contributed by atoms with Crippen molar-refractivity contribution in [2.45, 2.75) is 0 Å². The van der Waals surface area contributed by atoms with Crippen molar-refractivity contribution in [3.8, 4) is 0 Å². The van der Waals surface area contributed by atoms with Crippen LogP contribution in [0.5, 0.6) is 0 Å². The monoisotopic (exact) mass is 349 g/mol. The van der Waals surface area contributed by atoms with Crippen molar-refractivity contribution in [1.29, 1.82) is 0 Å². The van der Waals surface area contributed by atoms with Gasteiger partial charge in [0.2, 0.25) is 0 Å². The highest BCUT2D eigenvalue weighted by Gasteiger charge is 2.17.